The SMILES string of the molecule is N[NH+]=C(N)SCc1ccccc1. The number of benzene rings is 1. The van der Waals surface area contributed by atoms with Crippen LogP contribution in [0.25, 0.3) is 0 Å². The largest absolute Gasteiger partial charge is 0.325 e. The Labute approximate surface area is 75.8 Å². The normalized spacial score (nSPS) is 11.5. The number of hydrogen-bond acceptors (Lipinski definition) is 2. The van der Waals surface area contributed by atoms with E-state index < -0.39 is 0 Å². The Kier molecular flexibility index (Phi) is 3.47. The fourth-order valence-corrected chi connectivity index (χ4v) is 1.37. The summed E-state index contributed by atoms with van der Waals surface area (Å²) in [6.07, 6.45) is 0. The minimum Gasteiger partial charge on any atom is -0.280 e. The molecule has 1 aromatic rings. The Morgan fingerprint density at radius 1 is 1.33 bits per heavy atom. The Hall–Kier alpha value is -1.16. The minimum atomic E-state index is 0.541. The molecule has 0 heterocycles. The van der Waals surface area contributed by atoms with E-state index in [9.17, 15) is 0 Å². The lowest BCUT2D eigenvalue weighted by Crippen LogP contribution is -2.81. The number of nitrogens with two attached hydrogens (primary N) is 2. The van der Waals surface area contributed by atoms with Gasteiger partial charge in [-0.05, 0) is 17.3 Å². The maximum Gasteiger partial charge on any atom is 0.325 e. The number of thioether (sulfide) groups is 1. The predicted molar refractivity (Wildman–Crippen MR) is 52.1 cm³/mol. The molecule has 0 fully saturated rings. The molecule has 0 spiro atoms. The van der Waals surface area contributed by atoms with Crippen LogP contribution in [0.2, 0.25) is 0 Å². The minimum absolute atomic E-state index is 0.541. The highest BCUT2D eigenvalue weighted by molar-refractivity contribution is 8.12. The standard InChI is InChI=1S/C8H11N3S/c9-8(11-10)12-6-7-4-2-1-3-5-7/h1-5H,6,10H2,(H2,9,11)/p+1. The number of hydrazine groups is 1. The first-order valence-corrected chi connectivity index (χ1v) is 4.57. The van der Waals surface area contributed by atoms with Gasteiger partial charge in [0.15, 0.2) is 0 Å². The Morgan fingerprint density at radius 3 is 2.58 bits per heavy atom. The summed E-state index contributed by atoms with van der Waals surface area (Å²) in [7, 11) is 0. The molecule has 5 N–H and O–H groups in total. The van der Waals surface area contributed by atoms with Crippen LogP contribution in [-0.4, -0.2) is 5.17 Å². The maximum atomic E-state index is 5.46. The van der Waals surface area contributed by atoms with Crippen LogP contribution in [0, 0.1) is 0 Å². The van der Waals surface area contributed by atoms with E-state index in [-0.39, 0.29) is 0 Å². The zero-order valence-electron chi connectivity index (χ0n) is 6.66. The smallest absolute Gasteiger partial charge is 0.280 e. The van der Waals surface area contributed by atoms with E-state index in [1.807, 2.05) is 18.2 Å². The summed E-state index contributed by atoms with van der Waals surface area (Å²) in [5.74, 6) is 5.95. The third-order valence-corrected chi connectivity index (χ3v) is 2.29. The number of hydrogen-bond donors (Lipinski definition) is 3. The predicted octanol–water partition coefficient (Wildman–Crippen LogP) is -0.811. The lowest BCUT2D eigenvalue weighted by atomic mass is 10.2. The van der Waals surface area contributed by atoms with Gasteiger partial charge in [0.1, 0.15) is 0 Å². The van der Waals surface area contributed by atoms with Gasteiger partial charge in [-0.1, -0.05) is 30.3 Å². The van der Waals surface area contributed by atoms with Crippen molar-refractivity contribution in [2.75, 3.05) is 0 Å². The lowest BCUT2D eigenvalue weighted by molar-refractivity contribution is -0.467. The van der Waals surface area contributed by atoms with Gasteiger partial charge < -0.3 is 0 Å². The molecular formula is C8H12N3S+. The van der Waals surface area contributed by atoms with Crippen LogP contribution in [0.4, 0.5) is 0 Å². The second kappa shape index (κ2) is 4.66. The number of hydrazone groups is 1. The molecule has 0 unspecified atom stereocenters. The third-order valence-electron chi connectivity index (χ3n) is 1.38. The van der Waals surface area contributed by atoms with Gasteiger partial charge in [0.05, 0.1) is 0 Å². The van der Waals surface area contributed by atoms with E-state index in [0.29, 0.717) is 5.17 Å². The highest BCUT2D eigenvalue weighted by Crippen LogP contribution is 2.08. The average molecular weight is 182 g/mol. The van der Waals surface area contributed by atoms with Crippen molar-refractivity contribution in [2.45, 2.75) is 5.75 Å². The molecule has 3 nitrogen and oxygen atoms in total. The van der Waals surface area contributed by atoms with Crippen LogP contribution in [-0.2, 0) is 5.75 Å². The van der Waals surface area contributed by atoms with Crippen molar-refractivity contribution in [3.8, 4) is 0 Å². The third kappa shape index (κ3) is 2.84. The van der Waals surface area contributed by atoms with E-state index in [2.05, 4.69) is 17.2 Å². The molecule has 4 heteroatoms. The van der Waals surface area contributed by atoms with Crippen molar-refractivity contribution in [2.24, 2.45) is 11.6 Å². The molecule has 0 saturated carbocycles. The molecule has 0 radical (unpaired) electrons. The monoisotopic (exact) mass is 182 g/mol. The molecule has 0 aliphatic heterocycles. The lowest BCUT2D eigenvalue weighted by Gasteiger charge is -1.95. The van der Waals surface area contributed by atoms with E-state index in [1.165, 1.54) is 17.3 Å². The van der Waals surface area contributed by atoms with Crippen LogP contribution < -0.4 is 16.7 Å². The molecule has 0 amide bonds. The molecule has 0 aromatic heterocycles. The van der Waals surface area contributed by atoms with Gasteiger partial charge in [0.2, 0.25) is 0 Å². The summed E-state index contributed by atoms with van der Waals surface area (Å²) in [5, 5.41) is 2.93. The number of nitrogens with one attached hydrogen (secondary N) is 1. The molecular weight excluding hydrogens is 170 g/mol. The van der Waals surface area contributed by atoms with Crippen molar-refractivity contribution in [1.82, 2.24) is 0 Å². The van der Waals surface area contributed by atoms with Crippen molar-refractivity contribution >= 4 is 16.9 Å². The summed E-state index contributed by atoms with van der Waals surface area (Å²) in [6, 6.07) is 10.1. The van der Waals surface area contributed by atoms with E-state index >= 15 is 0 Å². The summed E-state index contributed by atoms with van der Waals surface area (Å²) < 4.78 is 0. The van der Waals surface area contributed by atoms with Crippen LogP contribution in [0.15, 0.2) is 30.3 Å². The molecule has 0 saturated heterocycles. The second-order valence-electron chi connectivity index (χ2n) is 2.28. The highest BCUT2D eigenvalue weighted by atomic mass is 32.2. The van der Waals surface area contributed by atoms with Crippen LogP contribution in [0.3, 0.4) is 0 Å². The zero-order valence-corrected chi connectivity index (χ0v) is 7.47. The van der Waals surface area contributed by atoms with Crippen LogP contribution in [0.1, 0.15) is 5.56 Å². The topological polar surface area (TPSA) is 66.0 Å². The number of rotatable bonds is 2. The zero-order chi connectivity index (χ0) is 8.81. The summed E-state index contributed by atoms with van der Waals surface area (Å²) >= 11 is 1.49. The Bertz CT molecular complexity index is 258. The highest BCUT2D eigenvalue weighted by Gasteiger charge is 1.98. The van der Waals surface area contributed by atoms with E-state index in [1.54, 1.807) is 0 Å². The fourth-order valence-electron chi connectivity index (χ4n) is 0.777. The van der Waals surface area contributed by atoms with Gasteiger partial charge in [-0.15, -0.1) is 0 Å². The first-order chi connectivity index (χ1) is 5.83. The fraction of sp³-hybridized carbons (Fsp3) is 0.125. The molecule has 0 aliphatic carbocycles. The molecule has 64 valence electrons. The van der Waals surface area contributed by atoms with Gasteiger partial charge in [-0.3, -0.25) is 11.6 Å². The first-order valence-electron chi connectivity index (χ1n) is 3.58. The van der Waals surface area contributed by atoms with Crippen LogP contribution >= 0.6 is 11.8 Å². The van der Waals surface area contributed by atoms with Crippen molar-refractivity contribution < 1.29 is 5.10 Å². The summed E-state index contributed by atoms with van der Waals surface area (Å²) in [4.78, 5) is 0. The Balaban J connectivity index is 2.44. The molecule has 12 heavy (non-hydrogen) atoms. The molecule has 1 rings (SSSR count). The summed E-state index contributed by atoms with van der Waals surface area (Å²) in [6.45, 7) is 0. The molecule has 0 bridgehead atoms. The number of amidine groups is 1. The second-order valence-corrected chi connectivity index (χ2v) is 3.30. The first kappa shape index (κ1) is 8.93. The van der Waals surface area contributed by atoms with Gasteiger partial charge >= 0.3 is 5.17 Å². The molecule has 1 aromatic carbocycles. The van der Waals surface area contributed by atoms with E-state index in [4.69, 9.17) is 11.6 Å². The molecule has 0 atom stereocenters. The van der Waals surface area contributed by atoms with Crippen molar-refractivity contribution in [1.29, 1.82) is 0 Å². The van der Waals surface area contributed by atoms with Crippen molar-refractivity contribution in [3.05, 3.63) is 35.9 Å². The van der Waals surface area contributed by atoms with Crippen LogP contribution in [0.5, 0.6) is 0 Å². The van der Waals surface area contributed by atoms with Gasteiger partial charge in [-0.25, -0.2) is 0 Å². The molecule has 0 aliphatic rings. The van der Waals surface area contributed by atoms with Gasteiger partial charge in [0, 0.05) is 5.75 Å². The Morgan fingerprint density at radius 2 is 2.00 bits per heavy atom. The van der Waals surface area contributed by atoms with E-state index in [0.717, 1.165) is 5.75 Å². The van der Waals surface area contributed by atoms with Gasteiger partial charge in [-0.2, -0.15) is 5.10 Å². The summed E-state index contributed by atoms with van der Waals surface area (Å²) in [5.41, 5.74) is 6.70. The maximum absolute atomic E-state index is 5.46. The van der Waals surface area contributed by atoms with Gasteiger partial charge in [0.25, 0.3) is 0 Å². The van der Waals surface area contributed by atoms with Crippen molar-refractivity contribution in [3.63, 3.8) is 0 Å². The quantitative estimate of drug-likeness (QED) is 0.242. The average Bonchev–Trinajstić information content (AvgIpc) is 2.16.